The standard InChI is InChI=1S/C12H16FNO2/c1-16-12-10(15)3-2-9(11(12)13)8-4-6-14-7-5-8/h2-3,8,14-15H,4-7H2,1H3. The first-order valence-electron chi connectivity index (χ1n) is 5.50. The molecular formula is C12H16FNO2. The monoisotopic (exact) mass is 225 g/mol. The number of benzene rings is 1. The first-order chi connectivity index (χ1) is 7.74. The van der Waals surface area contributed by atoms with Crippen molar-refractivity contribution in [1.82, 2.24) is 5.32 Å². The molecule has 1 fully saturated rings. The molecule has 0 aromatic heterocycles. The van der Waals surface area contributed by atoms with E-state index in [-0.39, 0.29) is 17.4 Å². The molecule has 0 radical (unpaired) electrons. The van der Waals surface area contributed by atoms with Gasteiger partial charge in [0.15, 0.2) is 17.3 Å². The summed E-state index contributed by atoms with van der Waals surface area (Å²) in [7, 11) is 1.37. The largest absolute Gasteiger partial charge is 0.504 e. The Morgan fingerprint density at radius 2 is 2.06 bits per heavy atom. The van der Waals surface area contributed by atoms with Gasteiger partial charge in [0.05, 0.1) is 7.11 Å². The quantitative estimate of drug-likeness (QED) is 0.809. The van der Waals surface area contributed by atoms with Crippen molar-refractivity contribution in [3.63, 3.8) is 0 Å². The second kappa shape index (κ2) is 4.70. The van der Waals surface area contributed by atoms with E-state index in [1.54, 1.807) is 6.07 Å². The van der Waals surface area contributed by atoms with Crippen LogP contribution in [0.5, 0.6) is 11.5 Å². The van der Waals surface area contributed by atoms with Crippen LogP contribution in [-0.4, -0.2) is 25.3 Å². The molecule has 2 rings (SSSR count). The molecule has 3 nitrogen and oxygen atoms in total. The van der Waals surface area contributed by atoms with Crippen molar-refractivity contribution in [2.75, 3.05) is 20.2 Å². The first-order valence-corrected chi connectivity index (χ1v) is 5.50. The molecule has 0 amide bonds. The predicted octanol–water partition coefficient (Wildman–Crippen LogP) is 2.01. The zero-order chi connectivity index (χ0) is 11.5. The van der Waals surface area contributed by atoms with Crippen molar-refractivity contribution >= 4 is 0 Å². The molecule has 1 aromatic rings. The van der Waals surface area contributed by atoms with Gasteiger partial charge in [-0.05, 0) is 43.5 Å². The number of methoxy groups -OCH3 is 1. The lowest BCUT2D eigenvalue weighted by atomic mass is 9.89. The van der Waals surface area contributed by atoms with E-state index in [1.807, 2.05) is 0 Å². The molecule has 1 aliphatic heterocycles. The molecule has 1 saturated heterocycles. The summed E-state index contributed by atoms with van der Waals surface area (Å²) >= 11 is 0. The summed E-state index contributed by atoms with van der Waals surface area (Å²) in [6.45, 7) is 1.82. The van der Waals surface area contributed by atoms with Crippen LogP contribution in [0, 0.1) is 5.82 Å². The number of piperidine rings is 1. The van der Waals surface area contributed by atoms with Gasteiger partial charge in [0.25, 0.3) is 0 Å². The maximum Gasteiger partial charge on any atom is 0.196 e. The molecule has 16 heavy (non-hydrogen) atoms. The second-order valence-electron chi connectivity index (χ2n) is 4.05. The van der Waals surface area contributed by atoms with Crippen LogP contribution >= 0.6 is 0 Å². The average molecular weight is 225 g/mol. The maximum absolute atomic E-state index is 14.0. The van der Waals surface area contributed by atoms with Crippen LogP contribution < -0.4 is 10.1 Å². The number of hydrogen-bond acceptors (Lipinski definition) is 3. The molecule has 0 saturated carbocycles. The Bertz CT molecular complexity index is 376. The van der Waals surface area contributed by atoms with E-state index in [2.05, 4.69) is 5.32 Å². The van der Waals surface area contributed by atoms with Gasteiger partial charge in [0.2, 0.25) is 0 Å². The van der Waals surface area contributed by atoms with Crippen LogP contribution in [0.1, 0.15) is 24.3 Å². The number of ether oxygens (including phenoxy) is 1. The van der Waals surface area contributed by atoms with Crippen LogP contribution in [0.15, 0.2) is 12.1 Å². The Kier molecular flexibility index (Phi) is 3.29. The van der Waals surface area contributed by atoms with E-state index < -0.39 is 5.82 Å². The van der Waals surface area contributed by atoms with E-state index >= 15 is 0 Å². The highest BCUT2D eigenvalue weighted by Crippen LogP contribution is 2.36. The van der Waals surface area contributed by atoms with Gasteiger partial charge < -0.3 is 15.2 Å². The summed E-state index contributed by atoms with van der Waals surface area (Å²) in [6.07, 6.45) is 1.84. The minimum Gasteiger partial charge on any atom is -0.504 e. The molecule has 0 unspecified atom stereocenters. The summed E-state index contributed by atoms with van der Waals surface area (Å²) in [6, 6.07) is 3.16. The molecule has 4 heteroatoms. The fourth-order valence-corrected chi connectivity index (χ4v) is 2.20. The highest BCUT2D eigenvalue weighted by atomic mass is 19.1. The van der Waals surface area contributed by atoms with Crippen molar-refractivity contribution in [3.05, 3.63) is 23.5 Å². The van der Waals surface area contributed by atoms with Crippen molar-refractivity contribution in [3.8, 4) is 11.5 Å². The lowest BCUT2D eigenvalue weighted by molar-refractivity contribution is 0.344. The normalized spacial score (nSPS) is 17.4. The van der Waals surface area contributed by atoms with E-state index in [0.717, 1.165) is 25.9 Å². The Hall–Kier alpha value is -1.29. The lowest BCUT2D eigenvalue weighted by Crippen LogP contribution is -2.27. The van der Waals surface area contributed by atoms with Crippen LogP contribution in [0.25, 0.3) is 0 Å². The number of aromatic hydroxyl groups is 1. The van der Waals surface area contributed by atoms with Crippen molar-refractivity contribution in [1.29, 1.82) is 0 Å². The van der Waals surface area contributed by atoms with Gasteiger partial charge >= 0.3 is 0 Å². The summed E-state index contributed by atoms with van der Waals surface area (Å²) in [5.41, 5.74) is 0.649. The second-order valence-corrected chi connectivity index (χ2v) is 4.05. The zero-order valence-corrected chi connectivity index (χ0v) is 9.29. The van der Waals surface area contributed by atoms with Crippen LogP contribution in [-0.2, 0) is 0 Å². The number of phenols is 1. The van der Waals surface area contributed by atoms with Crippen LogP contribution in [0.3, 0.4) is 0 Å². The zero-order valence-electron chi connectivity index (χ0n) is 9.29. The fraction of sp³-hybridized carbons (Fsp3) is 0.500. The molecule has 2 N–H and O–H groups in total. The topological polar surface area (TPSA) is 41.5 Å². The highest BCUT2D eigenvalue weighted by Gasteiger charge is 2.22. The van der Waals surface area contributed by atoms with E-state index in [4.69, 9.17) is 4.74 Å². The number of rotatable bonds is 2. The number of hydrogen-bond donors (Lipinski definition) is 2. The molecule has 1 heterocycles. The van der Waals surface area contributed by atoms with Crippen molar-refractivity contribution in [2.24, 2.45) is 0 Å². The van der Waals surface area contributed by atoms with E-state index in [0.29, 0.717) is 5.56 Å². The lowest BCUT2D eigenvalue weighted by Gasteiger charge is -2.24. The minimum atomic E-state index is -0.422. The van der Waals surface area contributed by atoms with Gasteiger partial charge in [-0.15, -0.1) is 0 Å². The maximum atomic E-state index is 14.0. The number of phenolic OH excluding ortho intramolecular Hbond substituents is 1. The molecule has 0 spiro atoms. The minimum absolute atomic E-state index is 0.0453. The van der Waals surface area contributed by atoms with Crippen molar-refractivity contribution in [2.45, 2.75) is 18.8 Å². The van der Waals surface area contributed by atoms with Crippen LogP contribution in [0.4, 0.5) is 4.39 Å². The predicted molar refractivity (Wildman–Crippen MR) is 59.5 cm³/mol. The van der Waals surface area contributed by atoms with Gasteiger partial charge in [0.1, 0.15) is 0 Å². The number of halogens is 1. The first kappa shape index (κ1) is 11.2. The Morgan fingerprint density at radius 3 is 2.69 bits per heavy atom. The molecule has 0 bridgehead atoms. The van der Waals surface area contributed by atoms with Crippen LogP contribution in [0.2, 0.25) is 0 Å². The van der Waals surface area contributed by atoms with Gasteiger partial charge in [0, 0.05) is 0 Å². The highest BCUT2D eigenvalue weighted by molar-refractivity contribution is 5.44. The van der Waals surface area contributed by atoms with Gasteiger partial charge in [-0.25, -0.2) is 4.39 Å². The third kappa shape index (κ3) is 1.97. The van der Waals surface area contributed by atoms with E-state index in [1.165, 1.54) is 13.2 Å². The summed E-state index contributed by atoms with van der Waals surface area (Å²) in [4.78, 5) is 0. The van der Waals surface area contributed by atoms with Gasteiger partial charge in [-0.1, -0.05) is 6.07 Å². The molecule has 88 valence electrons. The van der Waals surface area contributed by atoms with Gasteiger partial charge in [-0.2, -0.15) is 0 Å². The summed E-state index contributed by atoms with van der Waals surface area (Å²) < 4.78 is 18.9. The third-order valence-electron chi connectivity index (χ3n) is 3.09. The van der Waals surface area contributed by atoms with Gasteiger partial charge in [-0.3, -0.25) is 0 Å². The molecule has 1 aliphatic rings. The smallest absolute Gasteiger partial charge is 0.196 e. The Balaban J connectivity index is 2.33. The summed E-state index contributed by atoms with van der Waals surface area (Å²) in [5, 5.41) is 12.7. The Labute approximate surface area is 94.2 Å². The molecule has 0 aliphatic carbocycles. The molecule has 1 aromatic carbocycles. The molecule has 0 atom stereocenters. The van der Waals surface area contributed by atoms with Crippen molar-refractivity contribution < 1.29 is 14.2 Å². The Morgan fingerprint density at radius 1 is 1.38 bits per heavy atom. The average Bonchev–Trinajstić information content (AvgIpc) is 2.31. The number of nitrogens with one attached hydrogen (secondary N) is 1. The third-order valence-corrected chi connectivity index (χ3v) is 3.09. The van der Waals surface area contributed by atoms with E-state index in [9.17, 15) is 9.50 Å². The summed E-state index contributed by atoms with van der Waals surface area (Å²) in [5.74, 6) is -0.390. The molecular weight excluding hydrogens is 209 g/mol. The fourth-order valence-electron chi connectivity index (χ4n) is 2.20. The SMILES string of the molecule is COc1c(O)ccc(C2CCNCC2)c1F.